The molecule has 102 valence electrons. The first kappa shape index (κ1) is 12.8. The standard InChI is InChI=1S/C16H15FN2O/c1-11-8-13(17)6-5-12(11)9-16(20)14-10-18-19-7-3-2-4-15(14)19/h2-8,10,16,20H,9H2,1H3. The van der Waals surface area contributed by atoms with Gasteiger partial charge in [-0.15, -0.1) is 0 Å². The highest BCUT2D eigenvalue weighted by Crippen LogP contribution is 2.24. The molecule has 1 N–H and O–H groups in total. The van der Waals surface area contributed by atoms with Crippen molar-refractivity contribution in [2.45, 2.75) is 19.4 Å². The molecule has 1 atom stereocenters. The molecule has 2 heterocycles. The van der Waals surface area contributed by atoms with E-state index in [4.69, 9.17) is 0 Å². The van der Waals surface area contributed by atoms with Crippen molar-refractivity contribution in [3.8, 4) is 0 Å². The van der Waals surface area contributed by atoms with Crippen LogP contribution in [-0.4, -0.2) is 14.7 Å². The number of benzene rings is 1. The molecule has 0 amide bonds. The molecule has 20 heavy (non-hydrogen) atoms. The summed E-state index contributed by atoms with van der Waals surface area (Å²) in [5, 5.41) is 14.6. The van der Waals surface area contributed by atoms with Crippen molar-refractivity contribution in [3.05, 3.63) is 71.3 Å². The maximum Gasteiger partial charge on any atom is 0.123 e. The van der Waals surface area contributed by atoms with Crippen molar-refractivity contribution < 1.29 is 9.50 Å². The zero-order chi connectivity index (χ0) is 14.1. The molecule has 0 saturated carbocycles. The van der Waals surface area contributed by atoms with Crippen molar-refractivity contribution in [1.82, 2.24) is 9.61 Å². The van der Waals surface area contributed by atoms with Crippen LogP contribution in [0.25, 0.3) is 5.52 Å². The van der Waals surface area contributed by atoms with Crippen molar-refractivity contribution in [1.29, 1.82) is 0 Å². The zero-order valence-electron chi connectivity index (χ0n) is 11.1. The van der Waals surface area contributed by atoms with E-state index in [1.54, 1.807) is 16.8 Å². The highest BCUT2D eigenvalue weighted by molar-refractivity contribution is 5.54. The maximum atomic E-state index is 13.1. The van der Waals surface area contributed by atoms with Gasteiger partial charge in [0.25, 0.3) is 0 Å². The largest absolute Gasteiger partial charge is 0.388 e. The number of fused-ring (bicyclic) bond motifs is 1. The maximum absolute atomic E-state index is 13.1. The predicted octanol–water partition coefficient (Wildman–Crippen LogP) is 3.06. The van der Waals surface area contributed by atoms with Crippen molar-refractivity contribution in [2.24, 2.45) is 0 Å². The van der Waals surface area contributed by atoms with Crippen molar-refractivity contribution >= 4 is 5.52 Å². The molecule has 0 bridgehead atoms. The molecule has 4 heteroatoms. The molecule has 1 unspecified atom stereocenters. The number of halogens is 1. The van der Waals surface area contributed by atoms with Crippen LogP contribution in [0.15, 0.2) is 48.8 Å². The van der Waals surface area contributed by atoms with Crippen LogP contribution in [-0.2, 0) is 6.42 Å². The van der Waals surface area contributed by atoms with E-state index in [1.807, 2.05) is 31.3 Å². The third kappa shape index (κ3) is 2.30. The summed E-state index contributed by atoms with van der Waals surface area (Å²) in [6.07, 6.45) is 3.31. The van der Waals surface area contributed by atoms with E-state index >= 15 is 0 Å². The average Bonchev–Trinajstić information content (AvgIpc) is 2.86. The summed E-state index contributed by atoms with van der Waals surface area (Å²) in [4.78, 5) is 0. The third-order valence-corrected chi connectivity index (χ3v) is 3.53. The van der Waals surface area contributed by atoms with Gasteiger partial charge >= 0.3 is 0 Å². The summed E-state index contributed by atoms with van der Waals surface area (Å²) in [6.45, 7) is 1.85. The number of hydrogen-bond acceptors (Lipinski definition) is 2. The predicted molar refractivity (Wildman–Crippen MR) is 75.0 cm³/mol. The molecule has 0 aliphatic carbocycles. The quantitative estimate of drug-likeness (QED) is 0.794. The Labute approximate surface area is 116 Å². The Balaban J connectivity index is 1.91. The van der Waals surface area contributed by atoms with Crippen LogP contribution in [0, 0.1) is 12.7 Å². The van der Waals surface area contributed by atoms with E-state index in [9.17, 15) is 9.50 Å². The van der Waals surface area contributed by atoms with Gasteiger partial charge in [0.15, 0.2) is 0 Å². The molecule has 0 spiro atoms. The summed E-state index contributed by atoms with van der Waals surface area (Å²) < 4.78 is 14.8. The molecular weight excluding hydrogens is 255 g/mol. The van der Waals surface area contributed by atoms with Crippen LogP contribution in [0.3, 0.4) is 0 Å². The van der Waals surface area contributed by atoms with Gasteiger partial charge in [-0.1, -0.05) is 12.1 Å². The van der Waals surface area contributed by atoms with E-state index in [0.717, 1.165) is 22.2 Å². The van der Waals surface area contributed by atoms with E-state index in [1.165, 1.54) is 12.1 Å². The van der Waals surface area contributed by atoms with E-state index in [2.05, 4.69) is 5.10 Å². The molecule has 2 aromatic heterocycles. The average molecular weight is 270 g/mol. The lowest BCUT2D eigenvalue weighted by molar-refractivity contribution is 0.179. The molecule has 3 rings (SSSR count). The smallest absolute Gasteiger partial charge is 0.123 e. The minimum Gasteiger partial charge on any atom is -0.388 e. The molecule has 0 radical (unpaired) electrons. The first-order valence-corrected chi connectivity index (χ1v) is 6.50. The molecule has 3 aromatic rings. The number of pyridine rings is 1. The second-order valence-electron chi connectivity index (χ2n) is 4.92. The Morgan fingerprint density at radius 3 is 2.95 bits per heavy atom. The number of aliphatic hydroxyl groups excluding tert-OH is 1. The SMILES string of the molecule is Cc1cc(F)ccc1CC(O)c1cnn2ccccc12. The fourth-order valence-corrected chi connectivity index (χ4v) is 2.42. The third-order valence-electron chi connectivity index (χ3n) is 3.53. The molecule has 3 nitrogen and oxygen atoms in total. The minimum atomic E-state index is -0.654. The number of rotatable bonds is 3. The Morgan fingerprint density at radius 2 is 2.15 bits per heavy atom. The zero-order valence-corrected chi connectivity index (χ0v) is 11.1. The van der Waals surface area contributed by atoms with Gasteiger partial charge in [-0.25, -0.2) is 8.91 Å². The molecule has 0 aliphatic rings. The normalized spacial score (nSPS) is 12.8. The molecule has 0 saturated heterocycles. The second kappa shape index (κ2) is 5.06. The molecule has 0 aliphatic heterocycles. The highest BCUT2D eigenvalue weighted by atomic mass is 19.1. The summed E-state index contributed by atoms with van der Waals surface area (Å²) in [5.41, 5.74) is 3.46. The molecular formula is C16H15FN2O. The monoisotopic (exact) mass is 270 g/mol. The van der Waals surface area contributed by atoms with Gasteiger partial charge in [0.05, 0.1) is 17.8 Å². The van der Waals surface area contributed by atoms with E-state index in [0.29, 0.717) is 6.42 Å². The van der Waals surface area contributed by atoms with E-state index < -0.39 is 6.10 Å². The number of hydrogen-bond donors (Lipinski definition) is 1. The van der Waals surface area contributed by atoms with Crippen LogP contribution in [0.1, 0.15) is 22.8 Å². The lowest BCUT2D eigenvalue weighted by Crippen LogP contribution is -2.03. The van der Waals surface area contributed by atoms with Gasteiger partial charge in [0.1, 0.15) is 5.82 Å². The van der Waals surface area contributed by atoms with Crippen molar-refractivity contribution in [3.63, 3.8) is 0 Å². The van der Waals surface area contributed by atoms with Gasteiger partial charge in [-0.05, 0) is 42.3 Å². The van der Waals surface area contributed by atoms with Gasteiger partial charge in [-0.2, -0.15) is 5.10 Å². The fraction of sp³-hybridized carbons (Fsp3) is 0.188. The van der Waals surface area contributed by atoms with Crippen LogP contribution < -0.4 is 0 Å². The Bertz CT molecular complexity index is 751. The lowest BCUT2D eigenvalue weighted by Gasteiger charge is -2.11. The number of aryl methyl sites for hydroxylation is 1. The Morgan fingerprint density at radius 1 is 1.30 bits per heavy atom. The molecule has 1 aromatic carbocycles. The highest BCUT2D eigenvalue weighted by Gasteiger charge is 2.15. The van der Waals surface area contributed by atoms with Crippen LogP contribution in [0.2, 0.25) is 0 Å². The summed E-state index contributed by atoms with van der Waals surface area (Å²) in [5.74, 6) is -0.253. The van der Waals surface area contributed by atoms with Gasteiger partial charge < -0.3 is 5.11 Å². The number of nitrogens with zero attached hydrogens (tertiary/aromatic N) is 2. The number of aliphatic hydroxyl groups is 1. The fourth-order valence-electron chi connectivity index (χ4n) is 2.42. The van der Waals surface area contributed by atoms with Gasteiger partial charge in [0, 0.05) is 18.2 Å². The Hall–Kier alpha value is -2.20. The summed E-state index contributed by atoms with van der Waals surface area (Å²) >= 11 is 0. The van der Waals surface area contributed by atoms with Gasteiger partial charge in [-0.3, -0.25) is 0 Å². The second-order valence-corrected chi connectivity index (χ2v) is 4.92. The first-order chi connectivity index (χ1) is 9.65. The van der Waals surface area contributed by atoms with Crippen LogP contribution in [0.4, 0.5) is 4.39 Å². The summed E-state index contributed by atoms with van der Waals surface area (Å²) in [6, 6.07) is 10.3. The topological polar surface area (TPSA) is 37.5 Å². The van der Waals surface area contributed by atoms with E-state index in [-0.39, 0.29) is 5.82 Å². The minimum absolute atomic E-state index is 0.253. The lowest BCUT2D eigenvalue weighted by atomic mass is 9.99. The first-order valence-electron chi connectivity index (χ1n) is 6.50. The van der Waals surface area contributed by atoms with Gasteiger partial charge in [0.2, 0.25) is 0 Å². The summed E-state index contributed by atoms with van der Waals surface area (Å²) in [7, 11) is 0. The Kier molecular flexibility index (Phi) is 3.24. The number of aromatic nitrogens is 2. The van der Waals surface area contributed by atoms with Crippen LogP contribution in [0.5, 0.6) is 0 Å². The van der Waals surface area contributed by atoms with Crippen LogP contribution >= 0.6 is 0 Å². The van der Waals surface area contributed by atoms with Crippen molar-refractivity contribution in [2.75, 3.05) is 0 Å². The molecule has 0 fully saturated rings.